The van der Waals surface area contributed by atoms with Crippen LogP contribution in [0.25, 0.3) is 0 Å². The molecule has 0 fully saturated rings. The Balaban J connectivity index is 1.69. The fourth-order valence-electron chi connectivity index (χ4n) is 3.58. The molecule has 152 valence electrons. The number of halogens is 1. The maximum Gasteiger partial charge on any atom is 0.256 e. The van der Waals surface area contributed by atoms with Crippen molar-refractivity contribution in [2.45, 2.75) is 45.6 Å². The number of unbranched alkanes of at least 4 members (excludes halogenated alkanes) is 1. The van der Waals surface area contributed by atoms with Crippen LogP contribution in [0.5, 0.6) is 0 Å². The highest BCUT2D eigenvalue weighted by Gasteiger charge is 2.21. The molecule has 0 aliphatic rings. The van der Waals surface area contributed by atoms with Crippen LogP contribution in [0, 0.1) is 6.92 Å². The van der Waals surface area contributed by atoms with Crippen LogP contribution in [0.3, 0.4) is 0 Å². The van der Waals surface area contributed by atoms with Crippen LogP contribution in [0.15, 0.2) is 60.7 Å². The number of nitrogens with one attached hydrogen (secondary N) is 1. The number of rotatable bonds is 9. The molecule has 0 aliphatic carbocycles. The van der Waals surface area contributed by atoms with Crippen molar-refractivity contribution in [2.75, 3.05) is 6.54 Å². The van der Waals surface area contributed by atoms with E-state index in [1.807, 2.05) is 19.1 Å². The number of aromatic nitrogens is 2. The van der Waals surface area contributed by atoms with E-state index in [4.69, 9.17) is 11.6 Å². The van der Waals surface area contributed by atoms with E-state index in [1.165, 1.54) is 11.1 Å². The molecule has 3 rings (SSSR count). The molecule has 0 saturated heterocycles. The van der Waals surface area contributed by atoms with Gasteiger partial charge in [0.25, 0.3) is 5.91 Å². The Morgan fingerprint density at radius 2 is 1.66 bits per heavy atom. The maximum atomic E-state index is 12.8. The fraction of sp³-hybridized carbons (Fsp3) is 0.333. The molecule has 3 aromatic rings. The van der Waals surface area contributed by atoms with Gasteiger partial charge in [-0.3, -0.25) is 9.48 Å². The lowest BCUT2D eigenvalue weighted by Gasteiger charge is -2.18. The Morgan fingerprint density at radius 3 is 2.21 bits per heavy atom. The standard InChI is InChI=1S/C24H28ClN3O/c1-3-4-17-28-23(25)22(18(2)27-28)24(29)26-16-15-21(19-11-7-5-8-12-19)20-13-9-6-10-14-20/h5-14,21H,3-4,15-17H2,1-2H3,(H,26,29). The summed E-state index contributed by atoms with van der Waals surface area (Å²) >= 11 is 6.43. The van der Waals surface area contributed by atoms with Crippen LogP contribution in [-0.4, -0.2) is 22.2 Å². The zero-order valence-electron chi connectivity index (χ0n) is 17.1. The van der Waals surface area contributed by atoms with Gasteiger partial charge in [0.1, 0.15) is 5.15 Å². The number of nitrogens with zero attached hydrogens (tertiary/aromatic N) is 2. The molecule has 0 bridgehead atoms. The molecule has 1 amide bonds. The average molecular weight is 410 g/mol. The van der Waals surface area contributed by atoms with Gasteiger partial charge in [0.2, 0.25) is 0 Å². The first-order valence-corrected chi connectivity index (χ1v) is 10.6. The highest BCUT2D eigenvalue weighted by atomic mass is 35.5. The molecule has 1 N–H and O–H groups in total. The quantitative estimate of drug-likeness (QED) is 0.500. The van der Waals surface area contributed by atoms with Gasteiger partial charge in [-0.1, -0.05) is 85.6 Å². The second-order valence-electron chi connectivity index (χ2n) is 7.25. The molecule has 0 saturated carbocycles. The Hall–Kier alpha value is -2.59. The second-order valence-corrected chi connectivity index (χ2v) is 7.60. The maximum absolute atomic E-state index is 12.8. The second kappa shape index (κ2) is 10.3. The van der Waals surface area contributed by atoms with Gasteiger partial charge >= 0.3 is 0 Å². The van der Waals surface area contributed by atoms with E-state index in [0.717, 1.165) is 25.8 Å². The largest absolute Gasteiger partial charge is 0.352 e. The average Bonchev–Trinajstić information content (AvgIpc) is 3.04. The summed E-state index contributed by atoms with van der Waals surface area (Å²) in [5, 5.41) is 7.90. The van der Waals surface area contributed by atoms with Crippen molar-refractivity contribution < 1.29 is 4.79 Å². The SMILES string of the molecule is CCCCn1nc(C)c(C(=O)NCCC(c2ccccc2)c2ccccc2)c1Cl. The van der Waals surface area contributed by atoms with Crippen LogP contribution in [0.4, 0.5) is 0 Å². The Kier molecular flexibility index (Phi) is 7.48. The summed E-state index contributed by atoms with van der Waals surface area (Å²) in [5.41, 5.74) is 3.65. The third-order valence-electron chi connectivity index (χ3n) is 5.14. The molecular weight excluding hydrogens is 382 g/mol. The van der Waals surface area contributed by atoms with E-state index in [0.29, 0.717) is 23.0 Å². The molecule has 4 nitrogen and oxygen atoms in total. The Bertz CT molecular complexity index is 883. The Morgan fingerprint density at radius 1 is 1.07 bits per heavy atom. The Labute approximate surface area is 177 Å². The number of hydrogen-bond donors (Lipinski definition) is 1. The van der Waals surface area contributed by atoms with Crippen molar-refractivity contribution in [3.8, 4) is 0 Å². The lowest BCUT2D eigenvalue weighted by molar-refractivity contribution is 0.0952. The normalized spacial score (nSPS) is 11.0. The summed E-state index contributed by atoms with van der Waals surface area (Å²) in [5.74, 6) is 0.0664. The van der Waals surface area contributed by atoms with Gasteiger partial charge < -0.3 is 5.32 Å². The van der Waals surface area contributed by atoms with Crippen LogP contribution in [0.1, 0.15) is 59.3 Å². The van der Waals surface area contributed by atoms with E-state index in [2.05, 4.69) is 65.9 Å². The number of carbonyl (C=O) groups is 1. The topological polar surface area (TPSA) is 46.9 Å². The van der Waals surface area contributed by atoms with Gasteiger partial charge in [-0.2, -0.15) is 5.10 Å². The fourth-order valence-corrected chi connectivity index (χ4v) is 3.93. The molecule has 0 spiro atoms. The molecule has 0 aliphatic heterocycles. The van der Waals surface area contributed by atoms with Gasteiger partial charge in [-0.05, 0) is 30.9 Å². The minimum absolute atomic E-state index is 0.157. The van der Waals surface area contributed by atoms with E-state index in [1.54, 1.807) is 4.68 Å². The molecule has 2 aromatic carbocycles. The molecule has 1 heterocycles. The minimum atomic E-state index is -0.157. The number of amides is 1. The van der Waals surface area contributed by atoms with Gasteiger partial charge in [0.05, 0.1) is 11.3 Å². The van der Waals surface area contributed by atoms with Crippen LogP contribution >= 0.6 is 11.6 Å². The van der Waals surface area contributed by atoms with Gasteiger partial charge in [0.15, 0.2) is 0 Å². The third kappa shape index (κ3) is 5.27. The van der Waals surface area contributed by atoms with Crippen molar-refractivity contribution in [3.63, 3.8) is 0 Å². The van der Waals surface area contributed by atoms with Crippen molar-refractivity contribution in [1.82, 2.24) is 15.1 Å². The van der Waals surface area contributed by atoms with E-state index in [-0.39, 0.29) is 11.8 Å². The van der Waals surface area contributed by atoms with Gasteiger partial charge in [0, 0.05) is 19.0 Å². The van der Waals surface area contributed by atoms with Crippen molar-refractivity contribution in [2.24, 2.45) is 0 Å². The summed E-state index contributed by atoms with van der Waals surface area (Å²) in [6.07, 6.45) is 2.84. The molecule has 5 heteroatoms. The first-order chi connectivity index (χ1) is 14.1. The minimum Gasteiger partial charge on any atom is -0.352 e. The number of aryl methyl sites for hydroxylation is 2. The number of hydrogen-bond acceptors (Lipinski definition) is 2. The molecule has 29 heavy (non-hydrogen) atoms. The summed E-state index contributed by atoms with van der Waals surface area (Å²) in [6, 6.07) is 20.8. The predicted octanol–water partition coefficient (Wildman–Crippen LogP) is 5.60. The highest BCUT2D eigenvalue weighted by Crippen LogP contribution is 2.27. The summed E-state index contributed by atoms with van der Waals surface area (Å²) in [6.45, 7) is 5.24. The van der Waals surface area contributed by atoms with E-state index in [9.17, 15) is 4.79 Å². The number of carbonyl (C=O) groups excluding carboxylic acids is 1. The number of benzene rings is 2. The van der Waals surface area contributed by atoms with Crippen LogP contribution in [-0.2, 0) is 6.54 Å². The first-order valence-electron chi connectivity index (χ1n) is 10.2. The van der Waals surface area contributed by atoms with Crippen molar-refractivity contribution >= 4 is 17.5 Å². The monoisotopic (exact) mass is 409 g/mol. The lowest BCUT2D eigenvalue weighted by Crippen LogP contribution is -2.26. The van der Waals surface area contributed by atoms with Gasteiger partial charge in [-0.15, -0.1) is 0 Å². The van der Waals surface area contributed by atoms with Crippen molar-refractivity contribution in [1.29, 1.82) is 0 Å². The lowest BCUT2D eigenvalue weighted by atomic mass is 9.88. The summed E-state index contributed by atoms with van der Waals surface area (Å²) in [4.78, 5) is 12.8. The molecule has 0 atom stereocenters. The van der Waals surface area contributed by atoms with Crippen LogP contribution < -0.4 is 5.32 Å². The molecule has 0 unspecified atom stereocenters. The third-order valence-corrected chi connectivity index (χ3v) is 5.52. The summed E-state index contributed by atoms with van der Waals surface area (Å²) in [7, 11) is 0. The van der Waals surface area contributed by atoms with Crippen LogP contribution in [0.2, 0.25) is 5.15 Å². The zero-order valence-corrected chi connectivity index (χ0v) is 17.8. The predicted molar refractivity (Wildman–Crippen MR) is 119 cm³/mol. The molecule has 0 radical (unpaired) electrons. The summed E-state index contributed by atoms with van der Waals surface area (Å²) < 4.78 is 1.73. The van der Waals surface area contributed by atoms with Crippen molar-refractivity contribution in [3.05, 3.63) is 88.2 Å². The first kappa shape index (κ1) is 21.1. The smallest absolute Gasteiger partial charge is 0.256 e. The highest BCUT2D eigenvalue weighted by molar-refractivity contribution is 6.33. The zero-order chi connectivity index (χ0) is 20.6. The van der Waals surface area contributed by atoms with Gasteiger partial charge in [-0.25, -0.2) is 0 Å². The van der Waals surface area contributed by atoms with E-state index >= 15 is 0 Å². The van der Waals surface area contributed by atoms with E-state index < -0.39 is 0 Å². The molecule has 1 aromatic heterocycles. The molecular formula is C24H28ClN3O.